The third-order valence-corrected chi connectivity index (χ3v) is 4.83. The number of hydrogen-bond donors (Lipinski definition) is 2. The molecule has 1 amide bonds. The lowest BCUT2D eigenvalue weighted by Gasteiger charge is -2.19. The molecule has 0 fully saturated rings. The Bertz CT molecular complexity index is 1060. The highest BCUT2D eigenvalue weighted by molar-refractivity contribution is 6.07. The molecule has 1 aliphatic heterocycles. The largest absolute Gasteiger partial charge is 0.496 e. The van der Waals surface area contributed by atoms with Gasteiger partial charge in [-0.15, -0.1) is 0 Å². The zero-order valence-electron chi connectivity index (χ0n) is 15.8. The van der Waals surface area contributed by atoms with Crippen LogP contribution >= 0.6 is 0 Å². The number of para-hydroxylation sites is 1. The van der Waals surface area contributed by atoms with E-state index in [1.165, 1.54) is 0 Å². The predicted octanol–water partition coefficient (Wildman–Crippen LogP) is 3.11. The van der Waals surface area contributed by atoms with Gasteiger partial charge in [0, 0.05) is 35.4 Å². The molecule has 1 aliphatic rings. The van der Waals surface area contributed by atoms with E-state index in [1.54, 1.807) is 13.4 Å². The minimum atomic E-state index is -0.0535. The van der Waals surface area contributed by atoms with Crippen LogP contribution < -0.4 is 15.5 Å². The van der Waals surface area contributed by atoms with Gasteiger partial charge in [-0.05, 0) is 18.2 Å². The Balaban J connectivity index is 1.62. The maximum atomic E-state index is 11.5. The third-order valence-electron chi connectivity index (χ3n) is 4.83. The van der Waals surface area contributed by atoms with E-state index in [-0.39, 0.29) is 11.8 Å². The highest BCUT2D eigenvalue weighted by atomic mass is 16.5. The first kappa shape index (κ1) is 17.9. The number of carbonyl (C=O) groups is 1. The number of nitrogens with one attached hydrogen (secondary N) is 2. The van der Waals surface area contributed by atoms with Gasteiger partial charge < -0.3 is 10.1 Å². The first-order valence-electron chi connectivity index (χ1n) is 9.13. The van der Waals surface area contributed by atoms with Crippen LogP contribution in [0, 0.1) is 5.92 Å². The molecule has 0 saturated carbocycles. The van der Waals surface area contributed by atoms with Gasteiger partial charge in [0.1, 0.15) is 17.9 Å². The number of amides is 1. The number of benzene rings is 2. The summed E-state index contributed by atoms with van der Waals surface area (Å²) in [6.07, 6.45) is 1.98. The van der Waals surface area contributed by atoms with Crippen molar-refractivity contribution >= 4 is 28.3 Å². The normalized spacial score (nSPS) is 16.4. The summed E-state index contributed by atoms with van der Waals surface area (Å²) in [6.45, 7) is 2.59. The first-order valence-corrected chi connectivity index (χ1v) is 9.13. The van der Waals surface area contributed by atoms with Crippen molar-refractivity contribution in [2.45, 2.75) is 19.9 Å². The van der Waals surface area contributed by atoms with Gasteiger partial charge in [0.15, 0.2) is 0 Å². The van der Waals surface area contributed by atoms with Crippen molar-refractivity contribution in [3.05, 3.63) is 59.9 Å². The number of methoxy groups -OCH3 is 1. The Hall–Kier alpha value is -3.48. The summed E-state index contributed by atoms with van der Waals surface area (Å²) in [7, 11) is 1.66. The maximum Gasteiger partial charge on any atom is 0.240 e. The van der Waals surface area contributed by atoms with Crippen molar-refractivity contribution in [2.24, 2.45) is 11.0 Å². The van der Waals surface area contributed by atoms with Gasteiger partial charge in [0.2, 0.25) is 5.91 Å². The molecule has 2 N–H and O–H groups in total. The van der Waals surface area contributed by atoms with Crippen LogP contribution in [0.1, 0.15) is 24.5 Å². The van der Waals surface area contributed by atoms with Crippen molar-refractivity contribution in [1.29, 1.82) is 0 Å². The lowest BCUT2D eigenvalue weighted by molar-refractivity contribution is -0.121. The van der Waals surface area contributed by atoms with E-state index in [4.69, 9.17) is 4.74 Å². The summed E-state index contributed by atoms with van der Waals surface area (Å²) in [5.41, 5.74) is 6.25. The lowest BCUT2D eigenvalue weighted by Crippen LogP contribution is -2.31. The molecule has 0 radical (unpaired) electrons. The summed E-state index contributed by atoms with van der Waals surface area (Å²) in [5, 5.41) is 8.53. The van der Waals surface area contributed by atoms with Crippen LogP contribution in [0.3, 0.4) is 0 Å². The van der Waals surface area contributed by atoms with Crippen molar-refractivity contribution in [1.82, 2.24) is 15.4 Å². The fourth-order valence-corrected chi connectivity index (χ4v) is 3.39. The number of ether oxygens (including phenoxy) is 1. The predicted molar refractivity (Wildman–Crippen MR) is 108 cm³/mol. The standard InChI is InChI=1S/C21H21N5O2/c1-13-9-19(27)25-26-20(13)14-7-8-16-17(10-14)23-12-24-21(16)22-11-15-5-3-4-6-18(15)28-2/h3-8,10,12-13H,9,11H2,1-2H3,(H,25,27)(H,22,23,24). The molecule has 1 aromatic heterocycles. The molecule has 142 valence electrons. The number of hydrazone groups is 1. The zero-order chi connectivity index (χ0) is 19.5. The number of fused-ring (bicyclic) bond motifs is 1. The van der Waals surface area contributed by atoms with Crippen LogP contribution in [-0.4, -0.2) is 28.7 Å². The lowest BCUT2D eigenvalue weighted by atomic mass is 9.93. The molecule has 7 nitrogen and oxygen atoms in total. The quantitative estimate of drug-likeness (QED) is 0.715. The summed E-state index contributed by atoms with van der Waals surface area (Å²) < 4.78 is 5.41. The number of anilines is 1. The first-order chi connectivity index (χ1) is 13.7. The van der Waals surface area contributed by atoms with E-state index in [2.05, 4.69) is 25.8 Å². The Morgan fingerprint density at radius 1 is 1.21 bits per heavy atom. The molecule has 28 heavy (non-hydrogen) atoms. The second kappa shape index (κ2) is 7.64. The van der Waals surface area contributed by atoms with Crippen LogP contribution in [0.4, 0.5) is 5.82 Å². The molecule has 7 heteroatoms. The van der Waals surface area contributed by atoms with Crippen LogP contribution in [0.25, 0.3) is 10.9 Å². The molecule has 4 rings (SSSR count). The molecular weight excluding hydrogens is 354 g/mol. The van der Waals surface area contributed by atoms with Gasteiger partial charge in [0.05, 0.1) is 18.3 Å². The monoisotopic (exact) mass is 375 g/mol. The molecule has 1 unspecified atom stereocenters. The van der Waals surface area contributed by atoms with E-state index >= 15 is 0 Å². The molecule has 3 aromatic rings. The number of carbonyl (C=O) groups excluding carboxylic acids is 1. The highest BCUT2D eigenvalue weighted by Crippen LogP contribution is 2.25. The van der Waals surface area contributed by atoms with Crippen molar-refractivity contribution in [3.63, 3.8) is 0 Å². The molecule has 0 spiro atoms. The fraction of sp³-hybridized carbons (Fsp3) is 0.238. The van der Waals surface area contributed by atoms with Crippen LogP contribution in [0.5, 0.6) is 5.75 Å². The summed E-state index contributed by atoms with van der Waals surface area (Å²) >= 11 is 0. The van der Waals surface area contributed by atoms with E-state index in [1.807, 2.05) is 49.4 Å². The molecule has 0 saturated heterocycles. The molecule has 1 atom stereocenters. The van der Waals surface area contributed by atoms with Crippen molar-refractivity contribution in [2.75, 3.05) is 12.4 Å². The Morgan fingerprint density at radius 2 is 2.07 bits per heavy atom. The zero-order valence-corrected chi connectivity index (χ0v) is 15.8. The van der Waals surface area contributed by atoms with Gasteiger partial charge in [0.25, 0.3) is 0 Å². The van der Waals surface area contributed by atoms with Gasteiger partial charge in [-0.25, -0.2) is 15.4 Å². The van der Waals surface area contributed by atoms with Crippen molar-refractivity contribution < 1.29 is 9.53 Å². The van der Waals surface area contributed by atoms with Gasteiger partial charge in [-0.1, -0.05) is 31.2 Å². The minimum Gasteiger partial charge on any atom is -0.496 e. The van der Waals surface area contributed by atoms with Crippen molar-refractivity contribution in [3.8, 4) is 5.75 Å². The van der Waals surface area contributed by atoms with Crippen LogP contribution in [0.2, 0.25) is 0 Å². The Morgan fingerprint density at radius 3 is 2.89 bits per heavy atom. The molecule has 0 aliphatic carbocycles. The van der Waals surface area contributed by atoms with E-state index in [9.17, 15) is 4.79 Å². The number of rotatable bonds is 5. The van der Waals surface area contributed by atoms with E-state index in [0.29, 0.717) is 13.0 Å². The maximum absolute atomic E-state index is 11.5. The third kappa shape index (κ3) is 3.51. The minimum absolute atomic E-state index is 0.0535. The number of nitrogens with zero attached hydrogens (tertiary/aromatic N) is 3. The smallest absolute Gasteiger partial charge is 0.240 e. The second-order valence-corrected chi connectivity index (χ2v) is 6.76. The fourth-order valence-electron chi connectivity index (χ4n) is 3.39. The summed E-state index contributed by atoms with van der Waals surface area (Å²) in [4.78, 5) is 20.3. The topological polar surface area (TPSA) is 88.5 Å². The molecule has 2 aromatic carbocycles. The summed E-state index contributed by atoms with van der Waals surface area (Å²) in [6, 6.07) is 13.8. The molecular formula is C21H21N5O2. The summed E-state index contributed by atoms with van der Waals surface area (Å²) in [5.74, 6) is 1.61. The van der Waals surface area contributed by atoms with E-state index in [0.717, 1.165) is 39.3 Å². The average Bonchev–Trinajstić information content (AvgIpc) is 2.72. The molecule has 0 bridgehead atoms. The van der Waals surface area contributed by atoms with E-state index < -0.39 is 0 Å². The average molecular weight is 375 g/mol. The van der Waals surface area contributed by atoms with Crippen LogP contribution in [0.15, 0.2) is 53.9 Å². The van der Waals surface area contributed by atoms with Gasteiger partial charge >= 0.3 is 0 Å². The van der Waals surface area contributed by atoms with Gasteiger partial charge in [-0.3, -0.25) is 4.79 Å². The second-order valence-electron chi connectivity index (χ2n) is 6.76. The Kier molecular flexibility index (Phi) is 4.89. The SMILES string of the molecule is COc1ccccc1CNc1ncnc2cc(C3=NNC(=O)CC3C)ccc12. The number of aromatic nitrogens is 2. The number of hydrogen-bond acceptors (Lipinski definition) is 6. The molecule has 2 heterocycles. The van der Waals surface area contributed by atoms with Gasteiger partial charge in [-0.2, -0.15) is 5.10 Å². The highest BCUT2D eigenvalue weighted by Gasteiger charge is 2.22. The van der Waals surface area contributed by atoms with Crippen LogP contribution in [-0.2, 0) is 11.3 Å². The Labute approximate surface area is 162 Å².